The molecule has 1 spiro atoms. The zero-order valence-electron chi connectivity index (χ0n) is 8.67. The van der Waals surface area contributed by atoms with Gasteiger partial charge >= 0.3 is 5.97 Å². The summed E-state index contributed by atoms with van der Waals surface area (Å²) < 4.78 is 0. The maximum atomic E-state index is 10.9. The third-order valence-corrected chi connectivity index (χ3v) is 4.45. The van der Waals surface area contributed by atoms with Gasteiger partial charge in [0.15, 0.2) is 0 Å². The summed E-state index contributed by atoms with van der Waals surface area (Å²) >= 11 is 1.90. The third-order valence-electron chi connectivity index (χ3n) is 3.05. The average molecular weight is 215 g/mol. The minimum Gasteiger partial charge on any atom is -0.480 e. The molecule has 80 valence electrons. The first kappa shape index (κ1) is 10.3. The minimum absolute atomic E-state index is 0.0742. The molecule has 2 rings (SSSR count). The molecule has 0 aromatic heterocycles. The monoisotopic (exact) mass is 215 g/mol. The van der Waals surface area contributed by atoms with Crippen molar-refractivity contribution >= 4 is 17.7 Å². The van der Waals surface area contributed by atoms with Crippen LogP contribution < -0.4 is 5.32 Å². The standard InChI is InChI=1S/C10H17NO2S/c1-9(2)5-10(6-9)11-7(8(12)13)3-4-14-10/h7,11H,3-6H2,1-2H3,(H,12,13). The number of hydrogen-bond donors (Lipinski definition) is 2. The van der Waals surface area contributed by atoms with E-state index in [9.17, 15) is 4.79 Å². The highest BCUT2D eigenvalue weighted by Crippen LogP contribution is 2.55. The van der Waals surface area contributed by atoms with Gasteiger partial charge in [-0.1, -0.05) is 13.8 Å². The summed E-state index contributed by atoms with van der Waals surface area (Å²) in [5, 5.41) is 12.2. The van der Waals surface area contributed by atoms with Gasteiger partial charge < -0.3 is 5.11 Å². The van der Waals surface area contributed by atoms with Gasteiger partial charge in [-0.2, -0.15) is 0 Å². The second kappa shape index (κ2) is 3.14. The van der Waals surface area contributed by atoms with E-state index in [1.54, 1.807) is 0 Å². The first-order valence-electron chi connectivity index (χ1n) is 5.07. The van der Waals surface area contributed by atoms with Gasteiger partial charge in [0.05, 0.1) is 4.87 Å². The van der Waals surface area contributed by atoms with Crippen molar-refractivity contribution in [1.82, 2.24) is 5.32 Å². The summed E-state index contributed by atoms with van der Waals surface area (Å²) in [6.45, 7) is 4.48. The molecular weight excluding hydrogens is 198 g/mol. The van der Waals surface area contributed by atoms with Crippen LogP contribution in [0, 0.1) is 5.41 Å². The lowest BCUT2D eigenvalue weighted by molar-refractivity contribution is -0.140. The van der Waals surface area contributed by atoms with E-state index in [1.807, 2.05) is 11.8 Å². The molecule has 1 aliphatic heterocycles. The van der Waals surface area contributed by atoms with E-state index in [1.165, 1.54) is 0 Å². The van der Waals surface area contributed by atoms with Crippen LogP contribution in [0.1, 0.15) is 33.1 Å². The molecule has 4 heteroatoms. The molecular formula is C10H17NO2S. The largest absolute Gasteiger partial charge is 0.480 e. The molecule has 14 heavy (non-hydrogen) atoms. The molecule has 0 aromatic rings. The van der Waals surface area contributed by atoms with Crippen LogP contribution in [0.15, 0.2) is 0 Å². The van der Waals surface area contributed by atoms with Crippen LogP contribution in [-0.4, -0.2) is 27.7 Å². The number of hydrogen-bond acceptors (Lipinski definition) is 3. The van der Waals surface area contributed by atoms with Crippen molar-refractivity contribution in [3.63, 3.8) is 0 Å². The van der Waals surface area contributed by atoms with Crippen LogP contribution in [0.5, 0.6) is 0 Å². The Balaban J connectivity index is 1.99. The molecule has 2 aliphatic rings. The highest BCUT2D eigenvalue weighted by Gasteiger charge is 2.52. The number of nitrogens with one attached hydrogen (secondary N) is 1. The summed E-state index contributed by atoms with van der Waals surface area (Å²) in [6.07, 6.45) is 2.94. The van der Waals surface area contributed by atoms with Crippen molar-refractivity contribution < 1.29 is 9.90 Å². The average Bonchev–Trinajstić information content (AvgIpc) is 2.00. The molecule has 1 saturated heterocycles. The lowest BCUT2D eigenvalue weighted by Gasteiger charge is -2.56. The summed E-state index contributed by atoms with van der Waals surface area (Å²) in [5.41, 5.74) is 0.389. The number of aliphatic carboxylic acids is 1. The molecule has 2 fully saturated rings. The van der Waals surface area contributed by atoms with Crippen LogP contribution in [0.25, 0.3) is 0 Å². The highest BCUT2D eigenvalue weighted by atomic mass is 32.2. The zero-order valence-corrected chi connectivity index (χ0v) is 9.49. The van der Waals surface area contributed by atoms with Crippen LogP contribution >= 0.6 is 11.8 Å². The first-order chi connectivity index (χ1) is 6.43. The molecule has 0 amide bonds. The lowest BCUT2D eigenvalue weighted by atomic mass is 9.67. The SMILES string of the molecule is CC1(C)CC2(C1)NC(C(=O)O)CCS2. The van der Waals surface area contributed by atoms with Crippen molar-refractivity contribution in [3.8, 4) is 0 Å². The fourth-order valence-electron chi connectivity index (χ4n) is 2.69. The van der Waals surface area contributed by atoms with E-state index in [2.05, 4.69) is 19.2 Å². The predicted molar refractivity (Wildman–Crippen MR) is 57.4 cm³/mol. The number of carboxylic acid groups (broad SMARTS) is 1. The normalized spacial score (nSPS) is 33.7. The molecule has 0 bridgehead atoms. The fourth-order valence-corrected chi connectivity index (χ4v) is 4.64. The molecule has 1 aliphatic carbocycles. The quantitative estimate of drug-likeness (QED) is 0.699. The van der Waals surface area contributed by atoms with Gasteiger partial charge in [-0.05, 0) is 30.4 Å². The maximum Gasteiger partial charge on any atom is 0.320 e. The van der Waals surface area contributed by atoms with E-state index in [-0.39, 0.29) is 10.9 Å². The predicted octanol–water partition coefficient (Wildman–Crippen LogP) is 1.68. The molecule has 0 aromatic carbocycles. The van der Waals surface area contributed by atoms with Gasteiger partial charge in [0, 0.05) is 0 Å². The molecule has 1 atom stereocenters. The van der Waals surface area contributed by atoms with Crippen molar-refractivity contribution in [2.24, 2.45) is 5.41 Å². The van der Waals surface area contributed by atoms with Crippen LogP contribution in [0.4, 0.5) is 0 Å². The second-order valence-corrected chi connectivity index (χ2v) is 6.66. The Labute approximate surface area is 88.6 Å². The van der Waals surface area contributed by atoms with Crippen LogP contribution in [-0.2, 0) is 4.79 Å². The van der Waals surface area contributed by atoms with Gasteiger partial charge in [-0.15, -0.1) is 11.8 Å². The minimum atomic E-state index is -0.700. The van der Waals surface area contributed by atoms with E-state index in [0.717, 1.165) is 25.0 Å². The van der Waals surface area contributed by atoms with E-state index in [4.69, 9.17) is 5.11 Å². The Kier molecular flexibility index (Phi) is 2.31. The van der Waals surface area contributed by atoms with Gasteiger partial charge in [0.1, 0.15) is 6.04 Å². The van der Waals surface area contributed by atoms with E-state index >= 15 is 0 Å². The molecule has 1 heterocycles. The third kappa shape index (κ3) is 1.77. The number of thioether (sulfide) groups is 1. The number of carboxylic acids is 1. The number of rotatable bonds is 1. The molecule has 3 nitrogen and oxygen atoms in total. The summed E-state index contributed by atoms with van der Waals surface area (Å²) in [4.78, 5) is 10.9. The molecule has 0 radical (unpaired) electrons. The highest BCUT2D eigenvalue weighted by molar-refractivity contribution is 8.00. The number of carbonyl (C=O) groups is 1. The Hall–Kier alpha value is -0.220. The van der Waals surface area contributed by atoms with Crippen molar-refractivity contribution in [2.75, 3.05) is 5.75 Å². The molecule has 2 N–H and O–H groups in total. The topological polar surface area (TPSA) is 49.3 Å². The first-order valence-corrected chi connectivity index (χ1v) is 6.06. The second-order valence-electron chi connectivity index (χ2n) is 5.18. The van der Waals surface area contributed by atoms with Crippen LogP contribution in [0.3, 0.4) is 0 Å². The maximum absolute atomic E-state index is 10.9. The lowest BCUT2D eigenvalue weighted by Crippen LogP contribution is -2.63. The van der Waals surface area contributed by atoms with Gasteiger partial charge in [0.2, 0.25) is 0 Å². The Morgan fingerprint density at radius 1 is 1.50 bits per heavy atom. The van der Waals surface area contributed by atoms with Gasteiger partial charge in [-0.3, -0.25) is 10.1 Å². The van der Waals surface area contributed by atoms with E-state index < -0.39 is 5.97 Å². The van der Waals surface area contributed by atoms with Crippen molar-refractivity contribution in [3.05, 3.63) is 0 Å². The molecule has 1 saturated carbocycles. The summed E-state index contributed by atoms with van der Waals surface area (Å²) in [5.74, 6) is 0.273. The van der Waals surface area contributed by atoms with Crippen molar-refractivity contribution in [2.45, 2.75) is 44.0 Å². The molecule has 1 unspecified atom stereocenters. The Bertz CT molecular complexity index is 257. The summed E-state index contributed by atoms with van der Waals surface area (Å²) in [7, 11) is 0. The summed E-state index contributed by atoms with van der Waals surface area (Å²) in [6, 6.07) is -0.327. The van der Waals surface area contributed by atoms with E-state index in [0.29, 0.717) is 5.41 Å². The van der Waals surface area contributed by atoms with Crippen LogP contribution in [0.2, 0.25) is 0 Å². The fraction of sp³-hybridized carbons (Fsp3) is 0.900. The van der Waals surface area contributed by atoms with Crippen molar-refractivity contribution in [1.29, 1.82) is 0 Å². The Morgan fingerprint density at radius 3 is 2.64 bits per heavy atom. The Morgan fingerprint density at radius 2 is 2.14 bits per heavy atom. The van der Waals surface area contributed by atoms with Gasteiger partial charge in [-0.25, -0.2) is 0 Å². The zero-order chi connectivity index (χ0) is 10.4. The smallest absolute Gasteiger partial charge is 0.320 e. The van der Waals surface area contributed by atoms with Gasteiger partial charge in [0.25, 0.3) is 0 Å².